The Labute approximate surface area is 170 Å². The minimum absolute atomic E-state index is 0. The molecule has 2 rings (SSSR count). The predicted molar refractivity (Wildman–Crippen MR) is 112 cm³/mol. The Hall–Kier alpha value is -1.47. The zero-order chi connectivity index (χ0) is 18.1. The normalized spacial score (nSPS) is 12.0. The molecule has 0 unspecified atom stereocenters. The summed E-state index contributed by atoms with van der Waals surface area (Å²) in [6, 6.07) is 5.71. The fraction of sp³-hybridized carbons (Fsp3) is 0.533. The SMILES string of the molecule is CCNC(=NCc1nnc2ccccn12)NCCOCCS(C)(=O)=O.I. The monoisotopic (exact) mass is 496 g/mol. The number of nitrogens with zero attached hydrogens (tertiary/aromatic N) is 4. The van der Waals surface area contributed by atoms with Crippen LogP contribution >= 0.6 is 24.0 Å². The van der Waals surface area contributed by atoms with Crippen LogP contribution in [0, 0.1) is 0 Å². The first kappa shape index (κ1) is 22.6. The molecular weight excluding hydrogens is 471 g/mol. The molecule has 146 valence electrons. The lowest BCUT2D eigenvalue weighted by Crippen LogP contribution is -2.39. The molecule has 0 atom stereocenters. The van der Waals surface area contributed by atoms with Crippen molar-refractivity contribution in [3.8, 4) is 0 Å². The van der Waals surface area contributed by atoms with E-state index in [0.717, 1.165) is 18.0 Å². The third kappa shape index (κ3) is 7.83. The predicted octanol–water partition coefficient (Wildman–Crippen LogP) is 0.464. The highest BCUT2D eigenvalue weighted by Crippen LogP contribution is 2.03. The van der Waals surface area contributed by atoms with Crippen molar-refractivity contribution in [1.82, 2.24) is 25.2 Å². The van der Waals surface area contributed by atoms with Gasteiger partial charge in [-0.25, -0.2) is 13.4 Å². The fourth-order valence-corrected chi connectivity index (χ4v) is 2.46. The van der Waals surface area contributed by atoms with E-state index in [1.165, 1.54) is 6.26 Å². The van der Waals surface area contributed by atoms with Crippen LogP contribution in [0.15, 0.2) is 29.4 Å². The van der Waals surface area contributed by atoms with Gasteiger partial charge in [0.1, 0.15) is 16.4 Å². The Bertz CT molecular complexity index is 809. The van der Waals surface area contributed by atoms with Crippen LogP contribution in [0.25, 0.3) is 5.65 Å². The zero-order valence-electron chi connectivity index (χ0n) is 14.9. The molecule has 0 saturated heterocycles. The van der Waals surface area contributed by atoms with Crippen molar-refractivity contribution in [3.05, 3.63) is 30.2 Å². The van der Waals surface area contributed by atoms with Crippen molar-refractivity contribution in [1.29, 1.82) is 0 Å². The molecule has 0 amide bonds. The lowest BCUT2D eigenvalue weighted by Gasteiger charge is -2.11. The summed E-state index contributed by atoms with van der Waals surface area (Å²) >= 11 is 0. The number of aromatic nitrogens is 3. The van der Waals surface area contributed by atoms with Gasteiger partial charge >= 0.3 is 0 Å². The first-order valence-corrected chi connectivity index (χ1v) is 10.1. The molecule has 9 nitrogen and oxygen atoms in total. The maximum atomic E-state index is 11.0. The number of aliphatic imine (C=N–C) groups is 1. The van der Waals surface area contributed by atoms with Crippen LogP contribution in [0.2, 0.25) is 0 Å². The second-order valence-corrected chi connectivity index (χ2v) is 7.67. The van der Waals surface area contributed by atoms with Crippen LogP contribution in [0.5, 0.6) is 0 Å². The van der Waals surface area contributed by atoms with Gasteiger partial charge in [0, 0.05) is 25.5 Å². The van der Waals surface area contributed by atoms with Gasteiger partial charge in [-0.2, -0.15) is 0 Å². The smallest absolute Gasteiger partial charge is 0.191 e. The van der Waals surface area contributed by atoms with Gasteiger partial charge < -0.3 is 15.4 Å². The van der Waals surface area contributed by atoms with E-state index in [1.807, 2.05) is 35.7 Å². The van der Waals surface area contributed by atoms with Gasteiger partial charge in [0.2, 0.25) is 0 Å². The minimum Gasteiger partial charge on any atom is -0.379 e. The highest BCUT2D eigenvalue weighted by molar-refractivity contribution is 14.0. The number of sulfone groups is 1. The average Bonchev–Trinajstić information content (AvgIpc) is 2.98. The van der Waals surface area contributed by atoms with E-state index < -0.39 is 9.84 Å². The van der Waals surface area contributed by atoms with Crippen LogP contribution in [0.3, 0.4) is 0 Å². The van der Waals surface area contributed by atoms with Gasteiger partial charge in [0.05, 0.1) is 19.0 Å². The number of hydrogen-bond acceptors (Lipinski definition) is 6. The minimum atomic E-state index is -2.98. The molecule has 0 fully saturated rings. The molecule has 26 heavy (non-hydrogen) atoms. The number of ether oxygens (including phenoxy) is 1. The summed E-state index contributed by atoms with van der Waals surface area (Å²) in [5, 5.41) is 14.5. The fourth-order valence-electron chi connectivity index (χ4n) is 2.04. The molecule has 0 aromatic carbocycles. The zero-order valence-corrected chi connectivity index (χ0v) is 18.0. The summed E-state index contributed by atoms with van der Waals surface area (Å²) in [5.74, 6) is 1.42. The number of rotatable bonds is 9. The Balaban J connectivity index is 0.00000338. The van der Waals surface area contributed by atoms with Crippen LogP contribution in [-0.2, 0) is 21.1 Å². The van der Waals surface area contributed by atoms with Crippen molar-refractivity contribution in [2.24, 2.45) is 4.99 Å². The van der Waals surface area contributed by atoms with Crippen molar-refractivity contribution in [2.75, 3.05) is 38.3 Å². The van der Waals surface area contributed by atoms with Crippen molar-refractivity contribution < 1.29 is 13.2 Å². The molecular formula is C15H25IN6O3S. The number of hydrogen-bond donors (Lipinski definition) is 2. The van der Waals surface area contributed by atoms with Gasteiger partial charge in [-0.05, 0) is 19.1 Å². The summed E-state index contributed by atoms with van der Waals surface area (Å²) in [7, 11) is -2.98. The summed E-state index contributed by atoms with van der Waals surface area (Å²) in [5.41, 5.74) is 0.782. The van der Waals surface area contributed by atoms with Crippen molar-refractivity contribution in [3.63, 3.8) is 0 Å². The third-order valence-electron chi connectivity index (χ3n) is 3.24. The van der Waals surface area contributed by atoms with E-state index in [1.54, 1.807) is 0 Å². The van der Waals surface area contributed by atoms with Crippen molar-refractivity contribution >= 4 is 45.4 Å². The second-order valence-electron chi connectivity index (χ2n) is 5.41. The number of nitrogens with one attached hydrogen (secondary N) is 2. The summed E-state index contributed by atoms with van der Waals surface area (Å²) < 4.78 is 29.2. The van der Waals surface area contributed by atoms with E-state index in [4.69, 9.17) is 4.74 Å². The summed E-state index contributed by atoms with van der Waals surface area (Å²) in [6.45, 7) is 4.20. The van der Waals surface area contributed by atoms with Crippen LogP contribution < -0.4 is 10.6 Å². The summed E-state index contributed by atoms with van der Waals surface area (Å²) in [4.78, 5) is 4.48. The van der Waals surface area contributed by atoms with E-state index in [-0.39, 0.29) is 36.3 Å². The topological polar surface area (TPSA) is 110 Å². The number of fused-ring (bicyclic) bond motifs is 1. The Morgan fingerprint density at radius 1 is 1.27 bits per heavy atom. The molecule has 11 heteroatoms. The van der Waals surface area contributed by atoms with Gasteiger partial charge in [0.25, 0.3) is 0 Å². The lowest BCUT2D eigenvalue weighted by molar-refractivity contribution is 0.154. The highest BCUT2D eigenvalue weighted by Gasteiger charge is 2.05. The molecule has 0 spiro atoms. The van der Waals surface area contributed by atoms with Gasteiger partial charge in [0.15, 0.2) is 17.4 Å². The van der Waals surface area contributed by atoms with Gasteiger partial charge in [-0.3, -0.25) is 4.40 Å². The Kier molecular flexibility index (Phi) is 9.80. The summed E-state index contributed by atoms with van der Waals surface area (Å²) in [6.07, 6.45) is 3.09. The number of guanidine groups is 1. The molecule has 0 aliphatic heterocycles. The quantitative estimate of drug-likeness (QED) is 0.225. The van der Waals surface area contributed by atoms with Crippen LogP contribution in [-0.4, -0.2) is 67.3 Å². The highest BCUT2D eigenvalue weighted by atomic mass is 127. The number of pyridine rings is 1. The molecule has 2 aromatic rings. The Morgan fingerprint density at radius 3 is 2.81 bits per heavy atom. The maximum absolute atomic E-state index is 11.0. The largest absolute Gasteiger partial charge is 0.379 e. The first-order valence-electron chi connectivity index (χ1n) is 8.06. The van der Waals surface area contributed by atoms with Crippen LogP contribution in [0.1, 0.15) is 12.7 Å². The van der Waals surface area contributed by atoms with E-state index in [9.17, 15) is 8.42 Å². The standard InChI is InChI=1S/C15H24N6O3S.HI/c1-3-16-15(17-7-9-24-10-11-25(2,22)23)18-12-14-20-19-13-6-4-5-8-21(13)14;/h4-6,8H,3,7,9-12H2,1-2H3,(H2,16,17,18);1H. The molecule has 2 N–H and O–H groups in total. The first-order chi connectivity index (χ1) is 12.0. The van der Waals surface area contributed by atoms with Gasteiger partial charge in [-0.1, -0.05) is 6.07 Å². The molecule has 0 saturated carbocycles. The molecule has 2 aromatic heterocycles. The van der Waals surface area contributed by atoms with E-state index >= 15 is 0 Å². The molecule has 2 heterocycles. The molecule has 0 bridgehead atoms. The van der Waals surface area contributed by atoms with Crippen molar-refractivity contribution in [2.45, 2.75) is 13.5 Å². The Morgan fingerprint density at radius 2 is 2.08 bits per heavy atom. The average molecular weight is 496 g/mol. The van der Waals surface area contributed by atoms with E-state index in [0.29, 0.717) is 25.7 Å². The third-order valence-corrected chi connectivity index (χ3v) is 4.15. The molecule has 0 radical (unpaired) electrons. The lowest BCUT2D eigenvalue weighted by atomic mass is 10.4. The molecule has 0 aliphatic rings. The van der Waals surface area contributed by atoms with E-state index in [2.05, 4.69) is 25.8 Å². The number of halogens is 1. The molecule has 0 aliphatic carbocycles. The van der Waals surface area contributed by atoms with Crippen LogP contribution in [0.4, 0.5) is 0 Å². The van der Waals surface area contributed by atoms with Gasteiger partial charge in [-0.15, -0.1) is 34.2 Å². The maximum Gasteiger partial charge on any atom is 0.191 e. The second kappa shape index (κ2) is 11.3.